The Bertz CT molecular complexity index is 2050. The van der Waals surface area contributed by atoms with E-state index >= 15 is 4.39 Å². The molecule has 5 heterocycles. The maximum absolute atomic E-state index is 15.1. The Kier molecular flexibility index (Phi) is 11.0. The maximum atomic E-state index is 15.1. The van der Waals surface area contributed by atoms with Gasteiger partial charge in [-0.3, -0.25) is 9.69 Å². The van der Waals surface area contributed by atoms with Crippen molar-refractivity contribution in [3.63, 3.8) is 0 Å². The molecule has 2 saturated heterocycles. The highest BCUT2D eigenvalue weighted by atomic mass is 19.1. The summed E-state index contributed by atoms with van der Waals surface area (Å²) < 4.78 is 28.3. The van der Waals surface area contributed by atoms with Gasteiger partial charge in [-0.05, 0) is 74.1 Å². The molecule has 0 radical (unpaired) electrons. The van der Waals surface area contributed by atoms with Crippen LogP contribution in [0.1, 0.15) is 72.4 Å². The van der Waals surface area contributed by atoms with Crippen LogP contribution in [-0.2, 0) is 30.8 Å². The predicted octanol–water partition coefficient (Wildman–Crippen LogP) is 6.29. The van der Waals surface area contributed by atoms with Crippen LogP contribution in [0.5, 0.6) is 0 Å². The Morgan fingerprint density at radius 2 is 1.96 bits per heavy atom. The van der Waals surface area contributed by atoms with E-state index < -0.39 is 0 Å². The fraction of sp³-hybridized carbons (Fsp3) is 0.400. The van der Waals surface area contributed by atoms with E-state index in [1.54, 1.807) is 18.2 Å². The molecule has 1 amide bonds. The third kappa shape index (κ3) is 8.09. The van der Waals surface area contributed by atoms with Gasteiger partial charge in [0.05, 0.1) is 23.0 Å². The molecule has 3 aromatic heterocycles. The predicted molar refractivity (Wildman–Crippen MR) is 201 cm³/mol. The monoisotopic (exact) mass is 706 g/mol. The second-order valence-corrected chi connectivity index (χ2v) is 13.6. The first-order valence-electron chi connectivity index (χ1n) is 18.4. The van der Waals surface area contributed by atoms with Crippen molar-refractivity contribution < 1.29 is 18.3 Å². The number of carbonyl (C=O) groups is 1. The zero-order chi connectivity index (χ0) is 36.0. The number of fused-ring (bicyclic) bond motifs is 1. The van der Waals surface area contributed by atoms with Gasteiger partial charge < -0.3 is 25.1 Å². The molecule has 2 fully saturated rings. The highest BCUT2D eigenvalue weighted by molar-refractivity contribution is 5.96. The molecule has 0 aliphatic carbocycles. The minimum atomic E-state index is -0.382. The summed E-state index contributed by atoms with van der Waals surface area (Å²) >= 11 is 0. The summed E-state index contributed by atoms with van der Waals surface area (Å²) in [6, 6.07) is 13.7. The Balaban J connectivity index is 1.04. The van der Waals surface area contributed by atoms with Gasteiger partial charge in [0.2, 0.25) is 5.89 Å². The van der Waals surface area contributed by atoms with Gasteiger partial charge in [0.25, 0.3) is 5.91 Å². The number of benzene rings is 2. The number of aryl methyl sites for hydroxylation is 2. The molecule has 0 bridgehead atoms. The van der Waals surface area contributed by atoms with E-state index in [1.807, 2.05) is 29.1 Å². The van der Waals surface area contributed by atoms with E-state index in [1.165, 1.54) is 12.3 Å². The second kappa shape index (κ2) is 16.2. The average molecular weight is 707 g/mol. The van der Waals surface area contributed by atoms with Crippen LogP contribution in [0, 0.1) is 5.82 Å². The first-order chi connectivity index (χ1) is 25.4. The molecule has 3 N–H and O–H groups in total. The number of amides is 1. The normalized spacial score (nSPS) is 17.3. The number of carbonyl (C=O) groups excluding carboxylic acids is 1. The van der Waals surface area contributed by atoms with Gasteiger partial charge >= 0.3 is 0 Å². The standard InChI is InChI=1S/C40H47FN8O3/c1-4-35-31(38(45-30-13-17-51-18-14-30)33-22-44-49(5-2)39(33)47-35)10-12-37-46-36(25-52-37)40(50)43-21-27-9-11-34(41)32(20-27)29-8-6-7-28(19-29)24-48-16-15-42-26(3)23-48/h6-12,19-20,22,25-26,30,42H,4-5,13-18,21,23-24H2,1-3H3,(H,43,50)(H,45,47)/b12-10+/t26-/m0/s1. The SMILES string of the molecule is CCc1nc2c(cnn2CC)c(NC2CCOCC2)c1/C=C/c1nc(C(=O)NCc2ccc(F)c(-c3cccc(CN4CCN[C@@H](C)C4)c3)c2)co1. The highest BCUT2D eigenvalue weighted by Crippen LogP contribution is 2.33. The van der Waals surface area contributed by atoms with E-state index in [9.17, 15) is 4.79 Å². The lowest BCUT2D eigenvalue weighted by atomic mass is 10.00. The van der Waals surface area contributed by atoms with Crippen LogP contribution in [0.3, 0.4) is 0 Å². The highest BCUT2D eigenvalue weighted by Gasteiger charge is 2.21. The number of oxazole rings is 1. The van der Waals surface area contributed by atoms with Gasteiger partial charge in [-0.1, -0.05) is 31.2 Å². The fourth-order valence-corrected chi connectivity index (χ4v) is 7.08. The minimum absolute atomic E-state index is 0.158. The molecular weight excluding hydrogens is 659 g/mol. The van der Waals surface area contributed by atoms with E-state index in [0.717, 1.165) is 110 Å². The van der Waals surface area contributed by atoms with E-state index in [0.29, 0.717) is 17.5 Å². The molecule has 2 aliphatic heterocycles. The number of rotatable bonds is 12. The molecule has 7 rings (SSSR count). The quantitative estimate of drug-likeness (QED) is 0.137. The number of anilines is 1. The lowest BCUT2D eigenvalue weighted by Crippen LogP contribution is -2.48. The van der Waals surface area contributed by atoms with Gasteiger partial charge in [-0.25, -0.2) is 19.0 Å². The Hall–Kier alpha value is -4.91. The van der Waals surface area contributed by atoms with Crippen molar-refractivity contribution in [2.75, 3.05) is 38.2 Å². The van der Waals surface area contributed by atoms with Crippen LogP contribution in [0.25, 0.3) is 34.3 Å². The second-order valence-electron chi connectivity index (χ2n) is 13.6. The van der Waals surface area contributed by atoms with Gasteiger partial charge in [-0.2, -0.15) is 5.10 Å². The van der Waals surface area contributed by atoms with Crippen molar-refractivity contribution in [1.82, 2.24) is 35.3 Å². The molecule has 0 saturated carbocycles. The Labute approximate surface area is 303 Å². The molecule has 5 aromatic rings. The number of halogens is 1. The molecule has 0 spiro atoms. The summed E-state index contributed by atoms with van der Waals surface area (Å²) in [5.41, 5.74) is 7.09. The molecule has 1 atom stereocenters. The molecule has 2 aromatic carbocycles. The molecule has 0 unspecified atom stereocenters. The van der Waals surface area contributed by atoms with Crippen molar-refractivity contribution in [3.05, 3.63) is 94.7 Å². The molecule has 2 aliphatic rings. The third-order valence-corrected chi connectivity index (χ3v) is 9.83. The smallest absolute Gasteiger partial charge is 0.273 e. The summed E-state index contributed by atoms with van der Waals surface area (Å²) in [5.74, 6) is -0.387. The molecule has 272 valence electrons. The lowest BCUT2D eigenvalue weighted by Gasteiger charge is -2.31. The number of pyridine rings is 1. The van der Waals surface area contributed by atoms with Crippen LogP contribution >= 0.6 is 0 Å². The van der Waals surface area contributed by atoms with E-state index in [2.05, 4.69) is 63.8 Å². The fourth-order valence-electron chi connectivity index (χ4n) is 7.08. The molecular formula is C40H47FN8O3. The zero-order valence-corrected chi connectivity index (χ0v) is 30.1. The van der Waals surface area contributed by atoms with Gasteiger partial charge in [0.1, 0.15) is 12.1 Å². The van der Waals surface area contributed by atoms with E-state index in [-0.39, 0.29) is 30.0 Å². The van der Waals surface area contributed by atoms with Gasteiger partial charge in [-0.15, -0.1) is 0 Å². The molecule has 52 heavy (non-hydrogen) atoms. The summed E-state index contributed by atoms with van der Waals surface area (Å²) in [5, 5.41) is 15.7. The van der Waals surface area contributed by atoms with Crippen LogP contribution in [-0.4, -0.2) is 75.5 Å². The maximum Gasteiger partial charge on any atom is 0.273 e. The van der Waals surface area contributed by atoms with E-state index in [4.69, 9.17) is 14.1 Å². The molecule has 12 heteroatoms. The van der Waals surface area contributed by atoms with Crippen molar-refractivity contribution >= 4 is 34.8 Å². The van der Waals surface area contributed by atoms with Crippen LogP contribution in [0.4, 0.5) is 10.1 Å². The van der Waals surface area contributed by atoms with Crippen molar-refractivity contribution in [2.24, 2.45) is 0 Å². The van der Waals surface area contributed by atoms with Crippen molar-refractivity contribution in [2.45, 2.75) is 71.8 Å². The number of piperazine rings is 1. The number of ether oxygens (including phenoxy) is 1. The average Bonchev–Trinajstić information content (AvgIpc) is 3.81. The summed E-state index contributed by atoms with van der Waals surface area (Å²) in [4.78, 5) is 25.0. The minimum Gasteiger partial charge on any atom is -0.444 e. The summed E-state index contributed by atoms with van der Waals surface area (Å²) in [6.45, 7) is 12.4. The number of nitrogens with zero attached hydrogens (tertiary/aromatic N) is 5. The summed E-state index contributed by atoms with van der Waals surface area (Å²) in [6.07, 6.45) is 9.48. The number of hydrogen-bond donors (Lipinski definition) is 3. The Morgan fingerprint density at radius 3 is 2.77 bits per heavy atom. The Morgan fingerprint density at radius 1 is 1.10 bits per heavy atom. The number of aromatic nitrogens is 4. The summed E-state index contributed by atoms with van der Waals surface area (Å²) in [7, 11) is 0. The first-order valence-corrected chi connectivity index (χ1v) is 18.4. The van der Waals surface area contributed by atoms with Crippen molar-refractivity contribution in [1.29, 1.82) is 0 Å². The topological polar surface area (TPSA) is 122 Å². The van der Waals surface area contributed by atoms with Gasteiger partial charge in [0.15, 0.2) is 11.3 Å². The van der Waals surface area contributed by atoms with Crippen LogP contribution < -0.4 is 16.0 Å². The molecule has 11 nitrogen and oxygen atoms in total. The van der Waals surface area contributed by atoms with Crippen LogP contribution in [0.2, 0.25) is 0 Å². The first kappa shape index (κ1) is 35.5. The third-order valence-electron chi connectivity index (χ3n) is 9.83. The number of hydrogen-bond acceptors (Lipinski definition) is 9. The lowest BCUT2D eigenvalue weighted by molar-refractivity contribution is 0.0904. The zero-order valence-electron chi connectivity index (χ0n) is 30.1. The number of nitrogens with one attached hydrogen (secondary N) is 3. The van der Waals surface area contributed by atoms with Gasteiger partial charge in [0, 0.05) is 81.8 Å². The largest absolute Gasteiger partial charge is 0.444 e. The van der Waals surface area contributed by atoms with Crippen LogP contribution in [0.15, 0.2) is 59.3 Å². The van der Waals surface area contributed by atoms with Crippen molar-refractivity contribution in [3.8, 4) is 11.1 Å².